The molecule has 0 saturated carbocycles. The highest BCUT2D eigenvalue weighted by molar-refractivity contribution is 6.11. The zero-order chi connectivity index (χ0) is 35.1. The standard InChI is InChI=1S/C46H27N5/c1-3-4-11-37-30(2)50(44-16-8-6-13-40(37)44)43-15-7-5-12-39(43)33-20-23-38(35(26-33)29-49)32-18-21-36(22-19-32)51-45-24-17-31(27-47)25-42(45)41-14-9-10-34(28-48)46(41)51/h1,4-26H,2H3/b11-4-. The van der Waals surface area contributed by atoms with Gasteiger partial charge in [-0.1, -0.05) is 78.7 Å². The highest BCUT2D eigenvalue weighted by atomic mass is 15.0. The van der Waals surface area contributed by atoms with E-state index >= 15 is 0 Å². The van der Waals surface area contributed by atoms with Crippen molar-refractivity contribution in [1.29, 1.82) is 15.8 Å². The van der Waals surface area contributed by atoms with E-state index < -0.39 is 0 Å². The number of fused-ring (bicyclic) bond motifs is 4. The Morgan fingerprint density at radius 2 is 1.31 bits per heavy atom. The smallest absolute Gasteiger partial charge is 0.101 e. The van der Waals surface area contributed by atoms with Crippen molar-refractivity contribution in [2.75, 3.05) is 0 Å². The minimum Gasteiger partial charge on any atom is -0.313 e. The van der Waals surface area contributed by atoms with Crippen LogP contribution < -0.4 is 0 Å². The average Bonchev–Trinajstić information content (AvgIpc) is 3.67. The minimum atomic E-state index is 0.553. The number of para-hydroxylation sites is 3. The Kier molecular flexibility index (Phi) is 7.52. The lowest BCUT2D eigenvalue weighted by Crippen LogP contribution is -2.00. The van der Waals surface area contributed by atoms with Crippen molar-refractivity contribution in [2.24, 2.45) is 0 Å². The first-order valence-corrected chi connectivity index (χ1v) is 16.4. The molecule has 0 unspecified atom stereocenters. The van der Waals surface area contributed by atoms with Gasteiger partial charge in [-0.2, -0.15) is 15.8 Å². The van der Waals surface area contributed by atoms with Gasteiger partial charge in [-0.15, -0.1) is 6.42 Å². The summed E-state index contributed by atoms with van der Waals surface area (Å²) < 4.78 is 4.33. The number of allylic oxidation sites excluding steroid dienone is 1. The normalized spacial score (nSPS) is 11.1. The van der Waals surface area contributed by atoms with Crippen LogP contribution in [0, 0.1) is 53.3 Å². The van der Waals surface area contributed by atoms with Crippen molar-refractivity contribution < 1.29 is 0 Å². The van der Waals surface area contributed by atoms with Gasteiger partial charge in [0.1, 0.15) is 6.07 Å². The Balaban J connectivity index is 1.22. The molecule has 0 radical (unpaired) electrons. The molecule has 5 nitrogen and oxygen atoms in total. The summed E-state index contributed by atoms with van der Waals surface area (Å²) in [5.74, 6) is 2.62. The molecule has 0 amide bonds. The van der Waals surface area contributed by atoms with Crippen LogP contribution in [0.5, 0.6) is 0 Å². The van der Waals surface area contributed by atoms with Crippen molar-refractivity contribution in [3.05, 3.63) is 161 Å². The molecule has 0 atom stereocenters. The Hall–Kier alpha value is -7.57. The summed E-state index contributed by atoms with van der Waals surface area (Å²) >= 11 is 0. The molecule has 2 heterocycles. The maximum atomic E-state index is 10.4. The van der Waals surface area contributed by atoms with Gasteiger partial charge >= 0.3 is 0 Å². The first-order valence-electron chi connectivity index (χ1n) is 16.4. The molecule has 0 N–H and O–H groups in total. The van der Waals surface area contributed by atoms with Crippen molar-refractivity contribution in [3.8, 4) is 64.2 Å². The highest BCUT2D eigenvalue weighted by Gasteiger charge is 2.19. The molecule has 0 fully saturated rings. The van der Waals surface area contributed by atoms with E-state index in [4.69, 9.17) is 6.42 Å². The molecule has 0 aliphatic rings. The van der Waals surface area contributed by atoms with Crippen LogP contribution >= 0.6 is 0 Å². The van der Waals surface area contributed by atoms with Crippen LogP contribution in [0.15, 0.2) is 133 Å². The molecule has 0 aliphatic carbocycles. The van der Waals surface area contributed by atoms with E-state index in [1.54, 1.807) is 12.1 Å². The molecule has 2 aromatic heterocycles. The fraction of sp³-hybridized carbons (Fsp3) is 0.0217. The lowest BCUT2D eigenvalue weighted by molar-refractivity contribution is 1.05. The van der Waals surface area contributed by atoms with Gasteiger partial charge in [-0.25, -0.2) is 0 Å². The Bertz CT molecular complexity index is 2910. The number of hydrogen-bond donors (Lipinski definition) is 0. The third-order valence-corrected chi connectivity index (χ3v) is 9.58. The molecule has 0 spiro atoms. The van der Waals surface area contributed by atoms with E-state index in [1.807, 2.05) is 97.1 Å². The number of nitriles is 3. The summed E-state index contributed by atoms with van der Waals surface area (Å²) in [7, 11) is 0. The predicted octanol–water partition coefficient (Wildman–Crippen LogP) is 10.6. The topological polar surface area (TPSA) is 81.2 Å². The van der Waals surface area contributed by atoms with E-state index in [2.05, 4.69) is 70.5 Å². The summed E-state index contributed by atoms with van der Waals surface area (Å²) in [6.07, 6.45) is 9.28. The summed E-state index contributed by atoms with van der Waals surface area (Å²) in [6, 6.07) is 48.9. The van der Waals surface area contributed by atoms with Crippen molar-refractivity contribution >= 4 is 38.8 Å². The first kappa shape index (κ1) is 30.7. The lowest BCUT2D eigenvalue weighted by Gasteiger charge is -2.16. The van der Waals surface area contributed by atoms with Gasteiger partial charge in [0.25, 0.3) is 0 Å². The lowest BCUT2D eigenvalue weighted by atomic mass is 9.94. The van der Waals surface area contributed by atoms with Gasteiger partial charge in [0.15, 0.2) is 0 Å². The van der Waals surface area contributed by atoms with Crippen LogP contribution in [-0.4, -0.2) is 9.13 Å². The van der Waals surface area contributed by atoms with Gasteiger partial charge in [0.2, 0.25) is 0 Å². The Morgan fingerprint density at radius 1 is 0.588 bits per heavy atom. The predicted molar refractivity (Wildman–Crippen MR) is 205 cm³/mol. The molecule has 6 aromatic carbocycles. The van der Waals surface area contributed by atoms with Gasteiger partial charge in [0, 0.05) is 38.7 Å². The number of hydrogen-bond acceptors (Lipinski definition) is 3. The van der Waals surface area contributed by atoms with E-state index in [0.717, 1.165) is 77.6 Å². The second-order valence-corrected chi connectivity index (χ2v) is 12.3. The molecule has 8 aromatic rings. The molecule has 51 heavy (non-hydrogen) atoms. The average molecular weight is 650 g/mol. The number of nitrogens with zero attached hydrogens (tertiary/aromatic N) is 5. The number of terminal acetylenes is 1. The van der Waals surface area contributed by atoms with Gasteiger partial charge in [-0.05, 0) is 90.4 Å². The van der Waals surface area contributed by atoms with Crippen LogP contribution in [-0.2, 0) is 0 Å². The highest BCUT2D eigenvalue weighted by Crippen LogP contribution is 2.38. The van der Waals surface area contributed by atoms with E-state index in [9.17, 15) is 15.8 Å². The monoisotopic (exact) mass is 649 g/mol. The van der Waals surface area contributed by atoms with E-state index in [-0.39, 0.29) is 0 Å². The molecule has 236 valence electrons. The minimum absolute atomic E-state index is 0.553. The molecule has 0 saturated heterocycles. The fourth-order valence-corrected chi connectivity index (χ4v) is 7.30. The molecular weight excluding hydrogens is 623 g/mol. The van der Waals surface area contributed by atoms with Crippen LogP contribution in [0.4, 0.5) is 0 Å². The molecule has 8 rings (SSSR count). The van der Waals surface area contributed by atoms with Gasteiger partial charge < -0.3 is 9.13 Å². The quantitative estimate of drug-likeness (QED) is 0.174. The number of benzene rings is 6. The maximum absolute atomic E-state index is 10.4. The second kappa shape index (κ2) is 12.5. The number of rotatable bonds is 5. The SMILES string of the molecule is C#C/C=C\c1c(C)n(-c2ccccc2-c2ccc(-c3ccc(-n4c5ccc(C#N)cc5c5cccc(C#N)c54)cc3)c(C#N)c2)c2ccccc12. The molecular formula is C46H27N5. The van der Waals surface area contributed by atoms with Gasteiger partial charge in [0.05, 0.1) is 51.1 Å². The Morgan fingerprint density at radius 3 is 2.10 bits per heavy atom. The number of aromatic nitrogens is 2. The van der Waals surface area contributed by atoms with Crippen molar-refractivity contribution in [1.82, 2.24) is 9.13 Å². The first-order chi connectivity index (χ1) is 25.1. The molecule has 5 heteroatoms. The van der Waals surface area contributed by atoms with Crippen molar-refractivity contribution in [3.63, 3.8) is 0 Å². The second-order valence-electron chi connectivity index (χ2n) is 12.3. The van der Waals surface area contributed by atoms with Gasteiger partial charge in [-0.3, -0.25) is 0 Å². The van der Waals surface area contributed by atoms with Crippen LogP contribution in [0.25, 0.3) is 72.4 Å². The third-order valence-electron chi connectivity index (χ3n) is 9.58. The van der Waals surface area contributed by atoms with Crippen molar-refractivity contribution in [2.45, 2.75) is 6.92 Å². The Labute approximate surface area is 295 Å². The van der Waals surface area contributed by atoms with Crippen LogP contribution in [0.3, 0.4) is 0 Å². The third kappa shape index (κ3) is 4.94. The zero-order valence-corrected chi connectivity index (χ0v) is 27.6. The summed E-state index contributed by atoms with van der Waals surface area (Å²) in [4.78, 5) is 0. The molecule has 0 aliphatic heterocycles. The summed E-state index contributed by atoms with van der Waals surface area (Å²) in [6.45, 7) is 2.10. The maximum Gasteiger partial charge on any atom is 0.101 e. The molecule has 0 bridgehead atoms. The fourth-order valence-electron chi connectivity index (χ4n) is 7.30. The summed E-state index contributed by atoms with van der Waals surface area (Å²) in [5, 5.41) is 32.9. The van der Waals surface area contributed by atoms with Crippen LogP contribution in [0.2, 0.25) is 0 Å². The largest absolute Gasteiger partial charge is 0.313 e. The zero-order valence-electron chi connectivity index (χ0n) is 27.6. The van der Waals surface area contributed by atoms with Crippen LogP contribution in [0.1, 0.15) is 27.9 Å². The summed E-state index contributed by atoms with van der Waals surface area (Å²) in [5.41, 5.74) is 12.2. The van der Waals surface area contributed by atoms with E-state index in [0.29, 0.717) is 16.7 Å². The van der Waals surface area contributed by atoms with E-state index in [1.165, 1.54) is 0 Å².